The number of benzene rings is 3. The van der Waals surface area contributed by atoms with Gasteiger partial charge in [-0.3, -0.25) is 4.79 Å². The Hall–Kier alpha value is -3.38. The summed E-state index contributed by atoms with van der Waals surface area (Å²) in [5, 5.41) is 11.7. The van der Waals surface area contributed by atoms with E-state index in [9.17, 15) is 14.0 Å². The van der Waals surface area contributed by atoms with Crippen LogP contribution >= 0.6 is 11.6 Å². The van der Waals surface area contributed by atoms with E-state index >= 15 is 0 Å². The summed E-state index contributed by atoms with van der Waals surface area (Å²) in [5.74, 6) is -1.67. The highest BCUT2D eigenvalue weighted by Gasteiger charge is 2.29. The van der Waals surface area contributed by atoms with Crippen LogP contribution in [0.15, 0.2) is 66.7 Å². The van der Waals surface area contributed by atoms with Gasteiger partial charge in [0.2, 0.25) is 0 Å². The van der Waals surface area contributed by atoms with Crippen molar-refractivity contribution >= 4 is 23.7 Å². The minimum Gasteiger partial charge on any atom is -0.481 e. The van der Waals surface area contributed by atoms with Crippen molar-refractivity contribution in [2.75, 3.05) is 6.61 Å². The quantitative estimate of drug-likeness (QED) is 0.439. The minimum absolute atomic E-state index is 0.0226. The molecule has 2 N–H and O–H groups in total. The van der Waals surface area contributed by atoms with Crippen LogP contribution in [0.3, 0.4) is 0 Å². The van der Waals surface area contributed by atoms with Crippen LogP contribution < -0.4 is 5.32 Å². The van der Waals surface area contributed by atoms with Gasteiger partial charge in [0, 0.05) is 18.4 Å². The van der Waals surface area contributed by atoms with Gasteiger partial charge < -0.3 is 15.2 Å². The van der Waals surface area contributed by atoms with Gasteiger partial charge in [-0.15, -0.1) is 0 Å². The zero-order chi connectivity index (χ0) is 23.4. The molecule has 0 spiro atoms. The Bertz CT molecular complexity index is 1140. The van der Waals surface area contributed by atoms with Crippen LogP contribution in [0.5, 0.6) is 0 Å². The molecule has 1 atom stereocenters. The van der Waals surface area contributed by atoms with Crippen molar-refractivity contribution < 1.29 is 23.8 Å². The van der Waals surface area contributed by atoms with E-state index < -0.39 is 23.9 Å². The van der Waals surface area contributed by atoms with Gasteiger partial charge in [-0.25, -0.2) is 9.18 Å². The fourth-order valence-corrected chi connectivity index (χ4v) is 4.50. The summed E-state index contributed by atoms with van der Waals surface area (Å²) in [6.07, 6.45) is -0.610. The number of hydrogen-bond donors (Lipinski definition) is 2. The normalized spacial score (nSPS) is 13.2. The Morgan fingerprint density at radius 2 is 1.64 bits per heavy atom. The van der Waals surface area contributed by atoms with Gasteiger partial charge in [-0.1, -0.05) is 72.3 Å². The number of ether oxygens (including phenoxy) is 1. The van der Waals surface area contributed by atoms with Crippen LogP contribution in [0, 0.1) is 5.82 Å². The molecule has 0 heterocycles. The van der Waals surface area contributed by atoms with E-state index in [0.29, 0.717) is 5.56 Å². The first-order valence-corrected chi connectivity index (χ1v) is 11.1. The maximum atomic E-state index is 14.3. The lowest BCUT2D eigenvalue weighted by atomic mass is 9.98. The van der Waals surface area contributed by atoms with E-state index in [1.807, 2.05) is 36.4 Å². The van der Waals surface area contributed by atoms with Crippen LogP contribution in [-0.4, -0.2) is 29.8 Å². The Morgan fingerprint density at radius 3 is 2.27 bits per heavy atom. The topological polar surface area (TPSA) is 75.6 Å². The molecule has 0 radical (unpaired) electrons. The first-order chi connectivity index (χ1) is 15.9. The minimum atomic E-state index is -0.999. The lowest BCUT2D eigenvalue weighted by Gasteiger charge is -2.20. The molecule has 1 aliphatic carbocycles. The Kier molecular flexibility index (Phi) is 6.94. The number of carbonyl (C=O) groups excluding carboxylic acids is 1. The van der Waals surface area contributed by atoms with E-state index in [0.717, 1.165) is 22.3 Å². The molecule has 3 aromatic carbocycles. The van der Waals surface area contributed by atoms with Crippen LogP contribution in [-0.2, 0) is 16.0 Å². The molecule has 5 nitrogen and oxygen atoms in total. The molecule has 0 aromatic heterocycles. The highest BCUT2D eigenvalue weighted by Crippen LogP contribution is 2.44. The number of amides is 1. The largest absolute Gasteiger partial charge is 0.481 e. The molecule has 1 unspecified atom stereocenters. The van der Waals surface area contributed by atoms with Crippen LogP contribution in [0.25, 0.3) is 11.1 Å². The molecule has 0 saturated heterocycles. The molecule has 4 rings (SSSR count). The van der Waals surface area contributed by atoms with E-state index in [4.69, 9.17) is 21.4 Å². The number of rotatable bonds is 8. The van der Waals surface area contributed by atoms with Gasteiger partial charge in [0.15, 0.2) is 0 Å². The van der Waals surface area contributed by atoms with Gasteiger partial charge in [0.25, 0.3) is 0 Å². The molecule has 0 bridgehead atoms. The summed E-state index contributed by atoms with van der Waals surface area (Å²) in [4.78, 5) is 23.7. The van der Waals surface area contributed by atoms with Crippen molar-refractivity contribution in [3.8, 4) is 11.1 Å². The molecule has 1 amide bonds. The van der Waals surface area contributed by atoms with Gasteiger partial charge in [-0.05, 0) is 46.7 Å². The summed E-state index contributed by atoms with van der Waals surface area (Å²) in [6.45, 7) is 0.136. The standard InChI is InChI=1S/C26H23ClFNO4/c27-23-11-5-6-16(25(23)28)14-17(12-13-24(30)31)29-26(32)33-15-22-20-9-3-1-7-18(20)19-8-2-4-10-21(19)22/h1-11,17,22H,12-15H2,(H,29,32)(H,30,31). The van der Waals surface area contributed by atoms with Crippen molar-refractivity contribution in [2.45, 2.75) is 31.2 Å². The molecule has 0 aliphatic heterocycles. The van der Waals surface area contributed by atoms with Crippen molar-refractivity contribution in [3.05, 3.63) is 94.3 Å². The summed E-state index contributed by atoms with van der Waals surface area (Å²) >= 11 is 5.85. The van der Waals surface area contributed by atoms with Crippen molar-refractivity contribution in [1.29, 1.82) is 0 Å². The van der Waals surface area contributed by atoms with E-state index in [1.165, 1.54) is 6.07 Å². The van der Waals surface area contributed by atoms with Gasteiger partial charge in [-0.2, -0.15) is 0 Å². The average molecular weight is 468 g/mol. The summed E-state index contributed by atoms with van der Waals surface area (Å²) in [7, 11) is 0. The van der Waals surface area contributed by atoms with Crippen LogP contribution in [0.2, 0.25) is 5.02 Å². The summed E-state index contributed by atoms with van der Waals surface area (Å²) < 4.78 is 19.9. The third-order valence-corrected chi connectivity index (χ3v) is 6.16. The molecular weight excluding hydrogens is 445 g/mol. The highest BCUT2D eigenvalue weighted by atomic mass is 35.5. The molecule has 1 aliphatic rings. The monoisotopic (exact) mass is 467 g/mol. The number of carboxylic acid groups (broad SMARTS) is 1. The molecule has 3 aromatic rings. The second-order valence-corrected chi connectivity index (χ2v) is 8.42. The van der Waals surface area contributed by atoms with Crippen molar-refractivity contribution in [3.63, 3.8) is 0 Å². The highest BCUT2D eigenvalue weighted by molar-refractivity contribution is 6.30. The molecule has 0 fully saturated rings. The Morgan fingerprint density at radius 1 is 1.00 bits per heavy atom. The number of nitrogens with one attached hydrogen (secondary N) is 1. The number of alkyl carbamates (subject to hydrolysis) is 1. The number of hydrogen-bond acceptors (Lipinski definition) is 3. The number of halogens is 2. The lowest BCUT2D eigenvalue weighted by molar-refractivity contribution is -0.137. The maximum absolute atomic E-state index is 14.3. The van der Waals surface area contributed by atoms with E-state index in [1.54, 1.807) is 12.1 Å². The van der Waals surface area contributed by atoms with Crippen molar-refractivity contribution in [1.82, 2.24) is 5.32 Å². The molecule has 170 valence electrons. The van der Waals surface area contributed by atoms with Gasteiger partial charge in [0.1, 0.15) is 12.4 Å². The smallest absolute Gasteiger partial charge is 0.407 e. The van der Waals surface area contributed by atoms with Crippen LogP contribution in [0.4, 0.5) is 9.18 Å². The maximum Gasteiger partial charge on any atom is 0.407 e. The first-order valence-electron chi connectivity index (χ1n) is 10.7. The van der Waals surface area contributed by atoms with Gasteiger partial charge in [0.05, 0.1) is 5.02 Å². The lowest BCUT2D eigenvalue weighted by Crippen LogP contribution is -2.38. The predicted molar refractivity (Wildman–Crippen MR) is 124 cm³/mol. The second-order valence-electron chi connectivity index (χ2n) is 8.02. The van der Waals surface area contributed by atoms with E-state index in [2.05, 4.69) is 17.4 Å². The zero-order valence-corrected chi connectivity index (χ0v) is 18.5. The molecular formula is C26H23ClFNO4. The van der Waals surface area contributed by atoms with E-state index in [-0.39, 0.29) is 36.8 Å². The first kappa shape index (κ1) is 22.8. The summed E-state index contributed by atoms with van der Waals surface area (Å²) in [6, 6.07) is 20.0. The van der Waals surface area contributed by atoms with Gasteiger partial charge >= 0.3 is 12.1 Å². The van der Waals surface area contributed by atoms with Crippen LogP contribution in [0.1, 0.15) is 35.4 Å². The molecule has 0 saturated carbocycles. The summed E-state index contributed by atoms with van der Waals surface area (Å²) in [5.41, 5.74) is 4.73. The molecule has 33 heavy (non-hydrogen) atoms. The predicted octanol–water partition coefficient (Wildman–Crippen LogP) is 5.79. The average Bonchev–Trinajstić information content (AvgIpc) is 3.13. The number of carbonyl (C=O) groups is 2. The fourth-order valence-electron chi connectivity index (χ4n) is 4.30. The Balaban J connectivity index is 1.44. The molecule has 7 heteroatoms. The third-order valence-electron chi connectivity index (χ3n) is 5.87. The Labute approximate surface area is 196 Å². The number of fused-ring (bicyclic) bond motifs is 3. The number of aliphatic carboxylic acids is 1. The van der Waals surface area contributed by atoms with Crippen molar-refractivity contribution in [2.24, 2.45) is 0 Å². The SMILES string of the molecule is O=C(O)CCC(Cc1cccc(Cl)c1F)NC(=O)OCC1c2ccccc2-c2ccccc21. The zero-order valence-electron chi connectivity index (χ0n) is 17.8. The second kappa shape index (κ2) is 10.0. The third kappa shape index (κ3) is 5.17. The fraction of sp³-hybridized carbons (Fsp3) is 0.231. The number of carboxylic acids is 1.